The van der Waals surface area contributed by atoms with Gasteiger partial charge < -0.3 is 25.4 Å². The molecule has 1 rings (SSSR count). The van der Waals surface area contributed by atoms with Crippen molar-refractivity contribution in [2.75, 3.05) is 33.4 Å². The molecular weight excluding hydrogens is 483 g/mol. The maximum Gasteiger partial charge on any atom is 0.225 e. The molecule has 3 N–H and O–H groups in total. The van der Waals surface area contributed by atoms with Crippen LogP contribution in [0.2, 0.25) is 0 Å². The minimum Gasteiger partial charge on any atom is -0.490 e. The Kier molecular flexibility index (Phi) is 12.7. The summed E-state index contributed by atoms with van der Waals surface area (Å²) in [6, 6.07) is 5.95. The Morgan fingerprint density at radius 1 is 1.07 bits per heavy atom. The molecule has 1 atom stereocenters. The van der Waals surface area contributed by atoms with Gasteiger partial charge in [0, 0.05) is 25.6 Å². The molecule has 0 bridgehead atoms. The van der Waals surface area contributed by atoms with Gasteiger partial charge >= 0.3 is 0 Å². The topological polar surface area (TPSA) is 84.0 Å². The first-order valence-electron chi connectivity index (χ1n) is 9.87. The first-order chi connectivity index (χ1) is 13.2. The van der Waals surface area contributed by atoms with Gasteiger partial charge in [0.05, 0.1) is 19.3 Å². The van der Waals surface area contributed by atoms with Gasteiger partial charge in [0.15, 0.2) is 17.5 Å². The van der Waals surface area contributed by atoms with Gasteiger partial charge in [0.25, 0.3) is 0 Å². The Morgan fingerprint density at radius 2 is 1.66 bits per heavy atom. The zero-order valence-electron chi connectivity index (χ0n) is 18.7. The lowest BCUT2D eigenvalue weighted by Gasteiger charge is -2.21. The van der Waals surface area contributed by atoms with Crippen molar-refractivity contribution in [2.45, 2.75) is 47.6 Å². The van der Waals surface area contributed by atoms with Crippen molar-refractivity contribution in [1.29, 1.82) is 0 Å². The van der Waals surface area contributed by atoms with Crippen LogP contribution in [0, 0.1) is 5.41 Å². The second kappa shape index (κ2) is 13.5. The molecule has 1 unspecified atom stereocenters. The number of aliphatic imine (C=N–C) groups is 1. The molecule has 0 fully saturated rings. The van der Waals surface area contributed by atoms with E-state index in [4.69, 9.17) is 9.47 Å². The number of carbonyl (C=O) groups is 1. The first kappa shape index (κ1) is 27.3. The number of guanidine groups is 1. The Hall–Kier alpha value is -1.71. The van der Waals surface area contributed by atoms with E-state index in [2.05, 4.69) is 27.9 Å². The van der Waals surface area contributed by atoms with E-state index in [9.17, 15) is 4.79 Å². The number of halogens is 1. The van der Waals surface area contributed by atoms with Gasteiger partial charge in [-0.1, -0.05) is 26.8 Å². The Morgan fingerprint density at radius 3 is 2.21 bits per heavy atom. The number of benzene rings is 1. The van der Waals surface area contributed by atoms with Gasteiger partial charge in [-0.25, -0.2) is 0 Å². The standard InChI is InChI=1S/C21H36N4O3.HI/c1-8-27-17-11-10-16(14-18(17)28-9-2)15(3)25-20(22-7)24-13-12-23-19(26)21(4,5)6;/h10-11,14-15H,8-9,12-13H2,1-7H3,(H,23,26)(H2,22,24,25);1H. The third-order valence-corrected chi connectivity index (χ3v) is 4.03. The average Bonchev–Trinajstić information content (AvgIpc) is 2.64. The van der Waals surface area contributed by atoms with Gasteiger partial charge in [-0.2, -0.15) is 0 Å². The number of rotatable bonds is 9. The fourth-order valence-electron chi connectivity index (χ4n) is 2.44. The van der Waals surface area contributed by atoms with E-state index in [1.54, 1.807) is 7.05 Å². The largest absolute Gasteiger partial charge is 0.490 e. The fraction of sp³-hybridized carbons (Fsp3) is 0.619. The quantitative estimate of drug-likeness (QED) is 0.201. The summed E-state index contributed by atoms with van der Waals surface area (Å²) in [6.45, 7) is 13.9. The number of hydrogen-bond acceptors (Lipinski definition) is 4. The van der Waals surface area contributed by atoms with E-state index in [1.807, 2.05) is 52.8 Å². The molecule has 0 saturated heterocycles. The summed E-state index contributed by atoms with van der Waals surface area (Å²) in [4.78, 5) is 16.1. The minimum atomic E-state index is -0.389. The molecule has 166 valence electrons. The van der Waals surface area contributed by atoms with Crippen molar-refractivity contribution in [3.8, 4) is 11.5 Å². The number of nitrogens with one attached hydrogen (secondary N) is 3. The molecule has 0 aliphatic heterocycles. The SMILES string of the molecule is CCOc1ccc(C(C)NC(=NC)NCCNC(=O)C(C)(C)C)cc1OCC.I. The minimum absolute atomic E-state index is 0. The van der Waals surface area contributed by atoms with E-state index in [0.29, 0.717) is 32.3 Å². The van der Waals surface area contributed by atoms with Crippen LogP contribution in [-0.2, 0) is 4.79 Å². The smallest absolute Gasteiger partial charge is 0.225 e. The summed E-state index contributed by atoms with van der Waals surface area (Å²) < 4.78 is 11.3. The van der Waals surface area contributed by atoms with E-state index in [0.717, 1.165) is 17.1 Å². The Balaban J connectivity index is 0.00000784. The van der Waals surface area contributed by atoms with E-state index < -0.39 is 0 Å². The predicted octanol–water partition coefficient (Wildman–Crippen LogP) is 3.49. The number of nitrogens with zero attached hydrogens (tertiary/aromatic N) is 1. The van der Waals surface area contributed by atoms with Gasteiger partial charge in [-0.15, -0.1) is 24.0 Å². The second-order valence-corrected chi connectivity index (χ2v) is 7.44. The average molecular weight is 520 g/mol. The van der Waals surface area contributed by atoms with Crippen molar-refractivity contribution < 1.29 is 14.3 Å². The molecule has 1 aromatic carbocycles. The Bertz CT molecular complexity index is 660. The molecule has 1 aromatic rings. The maximum atomic E-state index is 11.9. The molecule has 0 aliphatic carbocycles. The first-order valence-corrected chi connectivity index (χ1v) is 9.87. The molecule has 0 aliphatic rings. The lowest BCUT2D eigenvalue weighted by molar-refractivity contribution is -0.128. The third kappa shape index (κ3) is 9.56. The Labute approximate surface area is 192 Å². The summed E-state index contributed by atoms with van der Waals surface area (Å²) in [5.74, 6) is 2.19. The summed E-state index contributed by atoms with van der Waals surface area (Å²) in [5, 5.41) is 9.48. The van der Waals surface area contributed by atoms with Crippen LogP contribution in [-0.4, -0.2) is 45.2 Å². The number of ether oxygens (including phenoxy) is 2. The molecule has 29 heavy (non-hydrogen) atoms. The summed E-state index contributed by atoms with van der Waals surface area (Å²) >= 11 is 0. The van der Waals surface area contributed by atoms with E-state index in [1.165, 1.54) is 0 Å². The predicted molar refractivity (Wildman–Crippen MR) is 130 cm³/mol. The van der Waals surface area contributed by atoms with Crippen LogP contribution in [0.15, 0.2) is 23.2 Å². The van der Waals surface area contributed by atoms with Crippen molar-refractivity contribution in [3.05, 3.63) is 23.8 Å². The highest BCUT2D eigenvalue weighted by Gasteiger charge is 2.20. The summed E-state index contributed by atoms with van der Waals surface area (Å²) in [6.07, 6.45) is 0. The lowest BCUT2D eigenvalue weighted by atomic mass is 9.96. The lowest BCUT2D eigenvalue weighted by Crippen LogP contribution is -2.44. The highest BCUT2D eigenvalue weighted by atomic mass is 127. The van der Waals surface area contributed by atoms with Crippen LogP contribution in [0.5, 0.6) is 11.5 Å². The number of carbonyl (C=O) groups excluding carboxylic acids is 1. The normalized spacial score (nSPS) is 12.4. The number of amides is 1. The van der Waals surface area contributed by atoms with Gasteiger partial charge in [-0.3, -0.25) is 9.79 Å². The van der Waals surface area contributed by atoms with Crippen LogP contribution in [0.25, 0.3) is 0 Å². The van der Waals surface area contributed by atoms with Crippen LogP contribution >= 0.6 is 24.0 Å². The summed E-state index contributed by atoms with van der Waals surface area (Å²) in [7, 11) is 1.72. The maximum absolute atomic E-state index is 11.9. The molecule has 8 heteroatoms. The van der Waals surface area contributed by atoms with Gasteiger partial charge in [0.2, 0.25) is 5.91 Å². The zero-order chi connectivity index (χ0) is 21.2. The zero-order valence-corrected chi connectivity index (χ0v) is 21.0. The van der Waals surface area contributed by atoms with Crippen LogP contribution in [0.1, 0.15) is 53.1 Å². The molecule has 0 radical (unpaired) electrons. The fourth-order valence-corrected chi connectivity index (χ4v) is 2.44. The summed E-state index contributed by atoms with van der Waals surface area (Å²) in [5.41, 5.74) is 0.677. The monoisotopic (exact) mass is 520 g/mol. The molecular formula is C21H37IN4O3. The third-order valence-electron chi connectivity index (χ3n) is 4.03. The van der Waals surface area contributed by atoms with Crippen molar-refractivity contribution in [3.63, 3.8) is 0 Å². The molecule has 0 aromatic heterocycles. The number of hydrogen-bond donors (Lipinski definition) is 3. The highest BCUT2D eigenvalue weighted by molar-refractivity contribution is 14.0. The molecule has 0 saturated carbocycles. The van der Waals surface area contributed by atoms with Crippen molar-refractivity contribution >= 4 is 35.8 Å². The van der Waals surface area contributed by atoms with Gasteiger partial charge in [-0.05, 0) is 38.5 Å². The van der Waals surface area contributed by atoms with E-state index >= 15 is 0 Å². The van der Waals surface area contributed by atoms with Gasteiger partial charge in [0.1, 0.15) is 0 Å². The highest BCUT2D eigenvalue weighted by Crippen LogP contribution is 2.30. The van der Waals surface area contributed by atoms with E-state index in [-0.39, 0.29) is 41.3 Å². The molecule has 0 spiro atoms. The van der Waals surface area contributed by atoms with Crippen LogP contribution in [0.3, 0.4) is 0 Å². The molecule has 7 nitrogen and oxygen atoms in total. The van der Waals surface area contributed by atoms with Crippen LogP contribution in [0.4, 0.5) is 0 Å². The van der Waals surface area contributed by atoms with Crippen LogP contribution < -0.4 is 25.4 Å². The van der Waals surface area contributed by atoms with Crippen molar-refractivity contribution in [1.82, 2.24) is 16.0 Å². The second-order valence-electron chi connectivity index (χ2n) is 7.44. The molecule has 1 amide bonds. The van der Waals surface area contributed by atoms with Crippen molar-refractivity contribution in [2.24, 2.45) is 10.4 Å². The molecule has 0 heterocycles.